The summed E-state index contributed by atoms with van der Waals surface area (Å²) in [6.45, 7) is 2.71. The van der Waals surface area contributed by atoms with Crippen LogP contribution < -0.4 is 5.32 Å². The molecule has 2 aliphatic rings. The molecule has 4 heteroatoms. The number of nitriles is 1. The number of carbonyl (C=O) groups excluding carboxylic acids is 1. The Kier molecular flexibility index (Phi) is 5.41. The number of amides is 1. The molecule has 1 N–H and O–H groups in total. The highest BCUT2D eigenvalue weighted by Gasteiger charge is 2.49. The third-order valence-electron chi connectivity index (χ3n) is 5.17. The Balaban J connectivity index is 1.44. The summed E-state index contributed by atoms with van der Waals surface area (Å²) < 4.78 is 5.43. The zero-order valence-electron chi connectivity index (χ0n) is 14.4. The van der Waals surface area contributed by atoms with Gasteiger partial charge in [0, 0.05) is 17.2 Å². The van der Waals surface area contributed by atoms with Crippen molar-refractivity contribution in [3.05, 3.63) is 41.5 Å². The molecule has 0 aromatic heterocycles. The first kappa shape index (κ1) is 17.1. The fourth-order valence-electron chi connectivity index (χ4n) is 3.71. The Bertz CT molecular complexity index is 762. The van der Waals surface area contributed by atoms with Gasteiger partial charge in [0.1, 0.15) is 0 Å². The average molecular weight is 334 g/mol. The third-order valence-corrected chi connectivity index (χ3v) is 5.17. The van der Waals surface area contributed by atoms with Crippen LogP contribution in [0.3, 0.4) is 0 Å². The third kappa shape index (κ3) is 4.64. The first-order valence-corrected chi connectivity index (χ1v) is 8.77. The molecule has 1 aromatic rings. The van der Waals surface area contributed by atoms with E-state index in [2.05, 4.69) is 30.2 Å². The maximum atomic E-state index is 12.0. The van der Waals surface area contributed by atoms with E-state index in [0.717, 1.165) is 23.8 Å². The number of anilines is 1. The van der Waals surface area contributed by atoms with E-state index < -0.39 is 6.09 Å². The smallest absolute Gasteiger partial charge is 0.411 e. The molecule has 1 fully saturated rings. The van der Waals surface area contributed by atoms with E-state index in [1.54, 1.807) is 30.3 Å². The number of hydrogen-bond donors (Lipinski definition) is 1. The molecule has 1 amide bonds. The second kappa shape index (κ2) is 7.90. The lowest BCUT2D eigenvalue weighted by Crippen LogP contribution is -2.15. The van der Waals surface area contributed by atoms with Crippen molar-refractivity contribution in [1.82, 2.24) is 0 Å². The second-order valence-electron chi connectivity index (χ2n) is 6.82. The Morgan fingerprint density at radius 3 is 2.80 bits per heavy atom. The topological polar surface area (TPSA) is 62.1 Å². The van der Waals surface area contributed by atoms with Gasteiger partial charge in [0.25, 0.3) is 0 Å². The minimum absolute atomic E-state index is 0.413. The minimum atomic E-state index is -0.413. The molecule has 2 aliphatic carbocycles. The Morgan fingerprint density at radius 2 is 2.04 bits per heavy atom. The van der Waals surface area contributed by atoms with Gasteiger partial charge in [-0.05, 0) is 74.6 Å². The number of fused-ring (bicyclic) bond motifs is 1. The molecule has 1 aromatic carbocycles. The standard InChI is InChI=1S/C21H22N2O2/c1-15-4-2-6-18-19(12-7-15)20(18)14-25-21(24)23-17-10-8-16(9-11-17)5-3-13-22/h4,8-11,18-20H,2,6-7,12,14H2,1H3,(H,23,24). The summed E-state index contributed by atoms with van der Waals surface area (Å²) in [4.78, 5) is 12.0. The van der Waals surface area contributed by atoms with Crippen LogP contribution in [0.4, 0.5) is 10.5 Å². The van der Waals surface area contributed by atoms with Gasteiger partial charge in [-0.3, -0.25) is 5.32 Å². The molecule has 25 heavy (non-hydrogen) atoms. The molecule has 0 spiro atoms. The van der Waals surface area contributed by atoms with E-state index in [1.165, 1.54) is 24.8 Å². The van der Waals surface area contributed by atoms with Crippen LogP contribution in [0.2, 0.25) is 0 Å². The molecule has 1 saturated carbocycles. The van der Waals surface area contributed by atoms with Crippen LogP contribution >= 0.6 is 0 Å². The summed E-state index contributed by atoms with van der Waals surface area (Å²) in [5.74, 6) is 7.00. The van der Waals surface area contributed by atoms with Crippen LogP contribution in [0.25, 0.3) is 0 Å². The van der Waals surface area contributed by atoms with Gasteiger partial charge in [-0.1, -0.05) is 17.6 Å². The van der Waals surface area contributed by atoms with E-state index >= 15 is 0 Å². The van der Waals surface area contributed by atoms with Gasteiger partial charge < -0.3 is 4.74 Å². The van der Waals surface area contributed by atoms with E-state index in [9.17, 15) is 4.79 Å². The van der Waals surface area contributed by atoms with Gasteiger partial charge >= 0.3 is 6.09 Å². The van der Waals surface area contributed by atoms with Gasteiger partial charge in [0.2, 0.25) is 0 Å². The minimum Gasteiger partial charge on any atom is -0.449 e. The quantitative estimate of drug-likeness (QED) is 0.654. The lowest BCUT2D eigenvalue weighted by Gasteiger charge is -2.07. The molecule has 0 radical (unpaired) electrons. The largest absolute Gasteiger partial charge is 0.449 e. The molecule has 0 saturated heterocycles. The molecule has 0 aliphatic heterocycles. The summed E-state index contributed by atoms with van der Waals surface area (Å²) >= 11 is 0. The van der Waals surface area contributed by atoms with Gasteiger partial charge in [-0.25, -0.2) is 4.79 Å². The number of benzene rings is 1. The highest BCUT2D eigenvalue weighted by atomic mass is 16.5. The molecule has 0 bridgehead atoms. The van der Waals surface area contributed by atoms with Crippen molar-refractivity contribution in [2.45, 2.75) is 32.6 Å². The SMILES string of the molecule is CC1=CCCC2C(CC1)C2COC(=O)Nc1ccc(C#CC#N)cc1. The lowest BCUT2D eigenvalue weighted by molar-refractivity contribution is 0.152. The van der Waals surface area contributed by atoms with Crippen LogP contribution in [-0.4, -0.2) is 12.7 Å². The van der Waals surface area contributed by atoms with E-state index in [4.69, 9.17) is 10.00 Å². The predicted octanol–water partition coefficient (Wildman–Crippen LogP) is 4.49. The molecular formula is C21H22N2O2. The molecule has 3 atom stereocenters. The molecule has 0 heterocycles. The molecular weight excluding hydrogens is 312 g/mol. The zero-order valence-corrected chi connectivity index (χ0v) is 14.4. The molecule has 128 valence electrons. The number of nitrogens with one attached hydrogen (secondary N) is 1. The van der Waals surface area contributed by atoms with Crippen molar-refractivity contribution in [3.8, 4) is 17.9 Å². The van der Waals surface area contributed by atoms with Gasteiger partial charge in [-0.15, -0.1) is 0 Å². The van der Waals surface area contributed by atoms with Crippen LogP contribution in [0.1, 0.15) is 38.2 Å². The summed E-state index contributed by atoms with van der Waals surface area (Å²) in [7, 11) is 0. The fourth-order valence-corrected chi connectivity index (χ4v) is 3.71. The van der Waals surface area contributed by atoms with Gasteiger partial charge in [-0.2, -0.15) is 5.26 Å². The normalized spacial score (nSPS) is 24.2. The highest BCUT2D eigenvalue weighted by molar-refractivity contribution is 5.84. The monoisotopic (exact) mass is 334 g/mol. The van der Waals surface area contributed by atoms with E-state index in [1.807, 2.05) is 0 Å². The first-order chi connectivity index (χ1) is 12.2. The van der Waals surface area contributed by atoms with Gasteiger partial charge in [0.15, 0.2) is 6.07 Å². The summed E-state index contributed by atoms with van der Waals surface area (Å²) in [6, 6.07) is 8.80. The number of hydrogen-bond acceptors (Lipinski definition) is 3. The van der Waals surface area contributed by atoms with Crippen LogP contribution in [0.5, 0.6) is 0 Å². The van der Waals surface area contributed by atoms with Crippen molar-refractivity contribution in [1.29, 1.82) is 5.26 Å². The maximum Gasteiger partial charge on any atom is 0.411 e. The van der Waals surface area contributed by atoms with Crippen molar-refractivity contribution < 1.29 is 9.53 Å². The molecule has 4 nitrogen and oxygen atoms in total. The number of nitrogens with zero attached hydrogens (tertiary/aromatic N) is 1. The highest BCUT2D eigenvalue weighted by Crippen LogP contribution is 2.53. The summed E-state index contributed by atoms with van der Waals surface area (Å²) in [6.07, 6.45) is 6.69. The van der Waals surface area contributed by atoms with E-state index in [0.29, 0.717) is 18.2 Å². The number of allylic oxidation sites excluding steroid dienone is 2. The molecule has 3 unspecified atom stereocenters. The van der Waals surface area contributed by atoms with Crippen molar-refractivity contribution in [2.75, 3.05) is 11.9 Å². The van der Waals surface area contributed by atoms with Crippen molar-refractivity contribution in [2.24, 2.45) is 17.8 Å². The molecule has 3 rings (SSSR count). The number of carbonyl (C=O) groups is 1. The van der Waals surface area contributed by atoms with Crippen LogP contribution in [-0.2, 0) is 4.74 Å². The lowest BCUT2D eigenvalue weighted by atomic mass is 10.0. The van der Waals surface area contributed by atoms with Crippen molar-refractivity contribution >= 4 is 11.8 Å². The zero-order chi connectivity index (χ0) is 17.6. The van der Waals surface area contributed by atoms with Crippen LogP contribution in [0, 0.1) is 40.9 Å². The van der Waals surface area contributed by atoms with Crippen molar-refractivity contribution in [3.63, 3.8) is 0 Å². The van der Waals surface area contributed by atoms with Gasteiger partial charge in [0.05, 0.1) is 6.61 Å². The Labute approximate surface area is 148 Å². The van der Waals surface area contributed by atoms with E-state index in [-0.39, 0.29) is 0 Å². The summed E-state index contributed by atoms with van der Waals surface area (Å²) in [5.41, 5.74) is 2.89. The second-order valence-corrected chi connectivity index (χ2v) is 6.82. The first-order valence-electron chi connectivity index (χ1n) is 8.77. The summed E-state index contributed by atoms with van der Waals surface area (Å²) in [5, 5.41) is 11.2. The Morgan fingerprint density at radius 1 is 1.28 bits per heavy atom. The Hall–Kier alpha value is -2.72. The average Bonchev–Trinajstić information content (AvgIpc) is 3.26. The van der Waals surface area contributed by atoms with Crippen LogP contribution in [0.15, 0.2) is 35.9 Å². The number of rotatable bonds is 3. The fraction of sp³-hybridized carbons (Fsp3) is 0.429. The predicted molar refractivity (Wildman–Crippen MR) is 96.6 cm³/mol. The number of ether oxygens (including phenoxy) is 1. The maximum absolute atomic E-state index is 12.0.